The van der Waals surface area contributed by atoms with E-state index in [1.54, 1.807) is 0 Å². The van der Waals surface area contributed by atoms with E-state index >= 15 is 0 Å². The van der Waals surface area contributed by atoms with Gasteiger partial charge in [0.05, 0.1) is 0 Å². The molecule has 0 saturated heterocycles. The molecule has 4 N–H and O–H groups in total. The monoisotopic (exact) mass is 131 g/mol. The molecule has 0 aliphatic carbocycles. The van der Waals surface area contributed by atoms with Gasteiger partial charge >= 0.3 is 0 Å². The zero-order valence-corrected chi connectivity index (χ0v) is 5.10. The summed E-state index contributed by atoms with van der Waals surface area (Å²) < 4.78 is 0. The second-order valence-corrected chi connectivity index (χ2v) is 1.42. The molecule has 0 saturated carbocycles. The van der Waals surface area contributed by atoms with Crippen molar-refractivity contribution in [3.63, 3.8) is 0 Å². The quantitative estimate of drug-likeness (QED) is 0.177. The summed E-state index contributed by atoms with van der Waals surface area (Å²) in [6, 6.07) is 0. The van der Waals surface area contributed by atoms with Crippen LogP contribution in [0.25, 0.3) is 0 Å². The first-order valence-corrected chi connectivity index (χ1v) is 2.40. The maximum absolute atomic E-state index is 10.4. The van der Waals surface area contributed by atoms with Gasteiger partial charge in [-0.3, -0.25) is 15.0 Å². The van der Waals surface area contributed by atoms with Gasteiger partial charge in [0.2, 0.25) is 11.8 Å². The van der Waals surface area contributed by atoms with Crippen molar-refractivity contribution in [1.29, 1.82) is 0 Å². The molecular weight excluding hydrogens is 122 g/mol. The fourth-order valence-electron chi connectivity index (χ4n) is 0.285. The topological polar surface area (TPSA) is 84.2 Å². The van der Waals surface area contributed by atoms with E-state index in [-0.39, 0.29) is 12.3 Å². The molecule has 9 heavy (non-hydrogen) atoms. The summed E-state index contributed by atoms with van der Waals surface area (Å²) in [4.78, 5) is 20.6. The van der Waals surface area contributed by atoms with Crippen molar-refractivity contribution in [3.8, 4) is 0 Å². The SMILES string of the molecule is CNC(=O)CC(=O)NN. The molecule has 5 nitrogen and oxygen atoms in total. The van der Waals surface area contributed by atoms with Crippen LogP contribution in [0.15, 0.2) is 0 Å². The third-order valence-corrected chi connectivity index (χ3v) is 0.761. The average molecular weight is 131 g/mol. The molecule has 0 bridgehead atoms. The second kappa shape index (κ2) is 3.85. The second-order valence-electron chi connectivity index (χ2n) is 1.42. The molecule has 0 radical (unpaired) electrons. The Hall–Kier alpha value is -1.10. The van der Waals surface area contributed by atoms with Crippen LogP contribution in [0.2, 0.25) is 0 Å². The van der Waals surface area contributed by atoms with Crippen molar-refractivity contribution in [3.05, 3.63) is 0 Å². The number of hydrazine groups is 1. The van der Waals surface area contributed by atoms with Crippen molar-refractivity contribution in [2.24, 2.45) is 5.84 Å². The van der Waals surface area contributed by atoms with E-state index in [2.05, 4.69) is 5.32 Å². The third-order valence-electron chi connectivity index (χ3n) is 0.761. The van der Waals surface area contributed by atoms with Crippen LogP contribution in [0.5, 0.6) is 0 Å². The highest BCUT2D eigenvalue weighted by Gasteiger charge is 2.03. The van der Waals surface area contributed by atoms with Crippen LogP contribution in [-0.2, 0) is 9.59 Å². The molecule has 0 aromatic carbocycles. The molecule has 52 valence electrons. The smallest absolute Gasteiger partial charge is 0.243 e. The van der Waals surface area contributed by atoms with Crippen LogP contribution < -0.4 is 16.6 Å². The summed E-state index contributed by atoms with van der Waals surface area (Å²) in [5.41, 5.74) is 1.83. The molecule has 5 heteroatoms. The maximum Gasteiger partial charge on any atom is 0.243 e. The Bertz CT molecular complexity index is 109. The summed E-state index contributed by atoms with van der Waals surface area (Å²) in [6.45, 7) is 0. The molecule has 0 fully saturated rings. The fourth-order valence-corrected chi connectivity index (χ4v) is 0.285. The maximum atomic E-state index is 10.4. The van der Waals surface area contributed by atoms with Crippen LogP contribution in [0.1, 0.15) is 6.42 Å². The molecule has 0 spiro atoms. The molecule has 0 atom stereocenters. The van der Waals surface area contributed by atoms with Gasteiger partial charge in [-0.2, -0.15) is 0 Å². The third kappa shape index (κ3) is 3.48. The Kier molecular flexibility index (Phi) is 3.38. The number of amides is 2. The highest BCUT2D eigenvalue weighted by molar-refractivity contribution is 5.96. The average Bonchev–Trinajstić information content (AvgIpc) is 1.87. The molecule has 0 unspecified atom stereocenters. The highest BCUT2D eigenvalue weighted by atomic mass is 16.2. The zero-order valence-electron chi connectivity index (χ0n) is 5.10. The number of carbonyl (C=O) groups excluding carboxylic acids is 2. The van der Waals surface area contributed by atoms with Gasteiger partial charge in [0.15, 0.2) is 0 Å². The van der Waals surface area contributed by atoms with Crippen molar-refractivity contribution in [2.75, 3.05) is 7.05 Å². The number of hydrogen-bond donors (Lipinski definition) is 3. The van der Waals surface area contributed by atoms with Gasteiger partial charge in [-0.25, -0.2) is 5.84 Å². The van der Waals surface area contributed by atoms with E-state index in [4.69, 9.17) is 5.84 Å². The van der Waals surface area contributed by atoms with E-state index in [9.17, 15) is 9.59 Å². The van der Waals surface area contributed by atoms with Crippen molar-refractivity contribution in [1.82, 2.24) is 10.7 Å². The van der Waals surface area contributed by atoms with Crippen LogP contribution in [0.4, 0.5) is 0 Å². The van der Waals surface area contributed by atoms with Crippen LogP contribution in [0, 0.1) is 0 Å². The van der Waals surface area contributed by atoms with E-state index in [1.807, 2.05) is 5.43 Å². The standard InChI is InChI=1S/C4H9N3O2/c1-6-3(8)2-4(9)7-5/h2,5H2,1H3,(H,6,8)(H,7,9). The van der Waals surface area contributed by atoms with Crippen molar-refractivity contribution in [2.45, 2.75) is 6.42 Å². The molecule has 0 aliphatic rings. The summed E-state index contributed by atoms with van der Waals surface area (Å²) >= 11 is 0. The first-order valence-electron chi connectivity index (χ1n) is 2.40. The summed E-state index contributed by atoms with van der Waals surface area (Å²) in [5.74, 6) is 3.86. The van der Waals surface area contributed by atoms with Gasteiger partial charge in [0, 0.05) is 7.05 Å². The largest absolute Gasteiger partial charge is 0.359 e. The first-order chi connectivity index (χ1) is 4.20. The minimum atomic E-state index is -0.491. The summed E-state index contributed by atoms with van der Waals surface area (Å²) in [6.07, 6.45) is -0.215. The minimum absolute atomic E-state index is 0.215. The van der Waals surface area contributed by atoms with Crippen molar-refractivity contribution >= 4 is 11.8 Å². The lowest BCUT2D eigenvalue weighted by Crippen LogP contribution is -2.34. The van der Waals surface area contributed by atoms with E-state index in [0.717, 1.165) is 0 Å². The Labute approximate surface area is 52.6 Å². The normalized spacial score (nSPS) is 8.22. The first kappa shape index (κ1) is 7.90. The number of nitrogens with two attached hydrogens (primary N) is 1. The summed E-state index contributed by atoms with van der Waals surface area (Å²) in [7, 11) is 1.45. The number of nitrogens with one attached hydrogen (secondary N) is 2. The van der Waals surface area contributed by atoms with Gasteiger partial charge in [0.1, 0.15) is 6.42 Å². The van der Waals surface area contributed by atoms with E-state index in [1.165, 1.54) is 7.05 Å². The Morgan fingerprint density at radius 3 is 2.33 bits per heavy atom. The van der Waals surface area contributed by atoms with E-state index in [0.29, 0.717) is 0 Å². The van der Waals surface area contributed by atoms with Crippen LogP contribution in [0.3, 0.4) is 0 Å². The Balaban J connectivity index is 3.47. The van der Waals surface area contributed by atoms with Gasteiger partial charge in [-0.05, 0) is 0 Å². The number of hydrogen-bond acceptors (Lipinski definition) is 3. The molecule has 0 aromatic heterocycles. The van der Waals surface area contributed by atoms with Crippen molar-refractivity contribution < 1.29 is 9.59 Å². The zero-order chi connectivity index (χ0) is 7.28. The summed E-state index contributed by atoms with van der Waals surface area (Å²) in [5, 5.41) is 2.27. The van der Waals surface area contributed by atoms with Gasteiger partial charge in [-0.1, -0.05) is 0 Å². The lowest BCUT2D eigenvalue weighted by molar-refractivity contribution is -0.129. The van der Waals surface area contributed by atoms with Crippen LogP contribution in [-0.4, -0.2) is 18.9 Å². The lowest BCUT2D eigenvalue weighted by Gasteiger charge is -1.95. The predicted octanol–water partition coefficient (Wildman–Crippen LogP) is -1.89. The van der Waals surface area contributed by atoms with Gasteiger partial charge in [-0.15, -0.1) is 0 Å². The van der Waals surface area contributed by atoms with Gasteiger partial charge < -0.3 is 5.32 Å². The molecule has 0 aliphatic heterocycles. The Morgan fingerprint density at radius 1 is 1.44 bits per heavy atom. The molecule has 0 rings (SSSR count). The fraction of sp³-hybridized carbons (Fsp3) is 0.500. The number of carbonyl (C=O) groups is 2. The Morgan fingerprint density at radius 2 is 2.00 bits per heavy atom. The minimum Gasteiger partial charge on any atom is -0.359 e. The van der Waals surface area contributed by atoms with E-state index < -0.39 is 5.91 Å². The lowest BCUT2D eigenvalue weighted by atomic mass is 10.4. The molecule has 2 amide bonds. The molecular formula is C4H9N3O2. The van der Waals surface area contributed by atoms with Gasteiger partial charge in [0.25, 0.3) is 0 Å². The molecule has 0 heterocycles. The number of rotatable bonds is 2. The van der Waals surface area contributed by atoms with Crippen LogP contribution >= 0.6 is 0 Å². The molecule has 0 aromatic rings. The predicted molar refractivity (Wildman–Crippen MR) is 31.0 cm³/mol. The highest BCUT2D eigenvalue weighted by Crippen LogP contribution is 1.74.